The minimum absolute atomic E-state index is 0.114. The Kier molecular flexibility index (Phi) is 6.82. The molecular formula is C15H22ClNO3. The maximum atomic E-state index is 11.6. The summed E-state index contributed by atoms with van der Waals surface area (Å²) in [5.41, 5.74) is 1.01. The Morgan fingerprint density at radius 2 is 2.15 bits per heavy atom. The lowest BCUT2D eigenvalue weighted by molar-refractivity contribution is -0.123. The van der Waals surface area contributed by atoms with Gasteiger partial charge in [0.25, 0.3) is 5.91 Å². The number of hydrogen-bond donors (Lipinski definition) is 2. The second-order valence-corrected chi connectivity index (χ2v) is 5.72. The molecule has 0 aliphatic carbocycles. The Bertz CT molecular complexity index is 449. The standard InChI is InChI=1S/C15H22ClNO3/c1-10(2)6-12(18)8-17-15(19)9-20-14-7-11(3)4-5-13(14)16/h4-5,7,10,12,18H,6,8-9H2,1-3H3,(H,17,19). The number of hydrogen-bond acceptors (Lipinski definition) is 3. The fourth-order valence-electron chi connectivity index (χ4n) is 1.77. The summed E-state index contributed by atoms with van der Waals surface area (Å²) in [6.07, 6.45) is 0.131. The Morgan fingerprint density at radius 3 is 2.80 bits per heavy atom. The van der Waals surface area contributed by atoms with Gasteiger partial charge >= 0.3 is 0 Å². The van der Waals surface area contributed by atoms with Crippen molar-refractivity contribution >= 4 is 17.5 Å². The molecule has 112 valence electrons. The molecule has 20 heavy (non-hydrogen) atoms. The van der Waals surface area contributed by atoms with Crippen molar-refractivity contribution in [1.29, 1.82) is 0 Å². The zero-order valence-electron chi connectivity index (χ0n) is 12.1. The van der Waals surface area contributed by atoms with Gasteiger partial charge < -0.3 is 15.2 Å². The second kappa shape index (κ2) is 8.12. The summed E-state index contributed by atoms with van der Waals surface area (Å²) in [4.78, 5) is 11.6. The molecule has 0 aliphatic rings. The van der Waals surface area contributed by atoms with Crippen molar-refractivity contribution in [3.8, 4) is 5.75 Å². The smallest absolute Gasteiger partial charge is 0.258 e. The first-order valence-electron chi connectivity index (χ1n) is 6.72. The molecule has 5 heteroatoms. The number of carbonyl (C=O) groups excluding carboxylic acids is 1. The highest BCUT2D eigenvalue weighted by Crippen LogP contribution is 2.24. The van der Waals surface area contributed by atoms with Gasteiger partial charge in [0.15, 0.2) is 6.61 Å². The van der Waals surface area contributed by atoms with Crippen molar-refractivity contribution in [3.63, 3.8) is 0 Å². The summed E-state index contributed by atoms with van der Waals surface area (Å²) >= 11 is 5.97. The van der Waals surface area contributed by atoms with Gasteiger partial charge in [-0.3, -0.25) is 4.79 Å². The van der Waals surface area contributed by atoms with E-state index < -0.39 is 6.10 Å². The molecule has 1 aromatic carbocycles. The van der Waals surface area contributed by atoms with Crippen LogP contribution in [0.5, 0.6) is 5.75 Å². The van der Waals surface area contributed by atoms with E-state index in [4.69, 9.17) is 16.3 Å². The summed E-state index contributed by atoms with van der Waals surface area (Å²) < 4.78 is 5.37. The summed E-state index contributed by atoms with van der Waals surface area (Å²) in [6.45, 7) is 6.09. The minimum atomic E-state index is -0.526. The zero-order chi connectivity index (χ0) is 15.1. The predicted molar refractivity (Wildman–Crippen MR) is 80.2 cm³/mol. The molecule has 1 amide bonds. The summed E-state index contributed by atoms with van der Waals surface area (Å²) in [5, 5.41) is 12.8. The van der Waals surface area contributed by atoms with Gasteiger partial charge in [-0.15, -0.1) is 0 Å². The number of aliphatic hydroxyl groups excluding tert-OH is 1. The molecule has 1 aromatic rings. The number of carbonyl (C=O) groups is 1. The molecule has 0 bridgehead atoms. The van der Waals surface area contributed by atoms with E-state index >= 15 is 0 Å². The number of rotatable bonds is 7. The van der Waals surface area contributed by atoms with Gasteiger partial charge in [-0.05, 0) is 37.0 Å². The summed E-state index contributed by atoms with van der Waals surface area (Å²) in [6, 6.07) is 5.39. The summed E-state index contributed by atoms with van der Waals surface area (Å²) in [7, 11) is 0. The molecule has 0 fully saturated rings. The molecule has 1 atom stereocenters. The topological polar surface area (TPSA) is 58.6 Å². The lowest BCUT2D eigenvalue weighted by atomic mass is 10.1. The number of halogens is 1. The maximum absolute atomic E-state index is 11.6. The number of aryl methyl sites for hydroxylation is 1. The van der Waals surface area contributed by atoms with E-state index in [2.05, 4.69) is 5.32 Å². The van der Waals surface area contributed by atoms with E-state index in [1.807, 2.05) is 26.8 Å². The Morgan fingerprint density at radius 1 is 1.45 bits per heavy atom. The average molecular weight is 300 g/mol. The van der Waals surface area contributed by atoms with E-state index in [9.17, 15) is 9.90 Å². The summed E-state index contributed by atoms with van der Waals surface area (Å²) in [5.74, 6) is 0.610. The van der Waals surface area contributed by atoms with Gasteiger partial charge in [-0.25, -0.2) is 0 Å². The van der Waals surface area contributed by atoms with Crippen molar-refractivity contribution in [1.82, 2.24) is 5.32 Å². The van der Waals surface area contributed by atoms with Gasteiger partial charge in [0.1, 0.15) is 5.75 Å². The SMILES string of the molecule is Cc1ccc(Cl)c(OCC(=O)NCC(O)CC(C)C)c1. The lowest BCUT2D eigenvalue weighted by Crippen LogP contribution is -2.35. The normalized spacial score (nSPS) is 12.3. The zero-order valence-corrected chi connectivity index (χ0v) is 12.9. The van der Waals surface area contributed by atoms with Crippen LogP contribution in [0.4, 0.5) is 0 Å². The number of aliphatic hydroxyl groups is 1. The van der Waals surface area contributed by atoms with Gasteiger partial charge in [0.05, 0.1) is 11.1 Å². The van der Waals surface area contributed by atoms with Gasteiger partial charge in [0.2, 0.25) is 0 Å². The van der Waals surface area contributed by atoms with Crippen molar-refractivity contribution < 1.29 is 14.6 Å². The number of benzene rings is 1. The largest absolute Gasteiger partial charge is 0.482 e. The Balaban J connectivity index is 2.34. The fourth-order valence-corrected chi connectivity index (χ4v) is 1.95. The molecular weight excluding hydrogens is 278 g/mol. The van der Waals surface area contributed by atoms with Gasteiger partial charge in [-0.1, -0.05) is 31.5 Å². The molecule has 0 spiro atoms. The van der Waals surface area contributed by atoms with Gasteiger partial charge in [0, 0.05) is 6.54 Å². The highest BCUT2D eigenvalue weighted by atomic mass is 35.5. The molecule has 0 heterocycles. The second-order valence-electron chi connectivity index (χ2n) is 5.31. The molecule has 0 aromatic heterocycles. The molecule has 2 N–H and O–H groups in total. The molecule has 1 rings (SSSR count). The minimum Gasteiger partial charge on any atom is -0.482 e. The van der Waals surface area contributed by atoms with Crippen LogP contribution in [-0.4, -0.2) is 30.3 Å². The lowest BCUT2D eigenvalue weighted by Gasteiger charge is -2.14. The van der Waals surface area contributed by atoms with Crippen molar-refractivity contribution in [2.75, 3.05) is 13.2 Å². The van der Waals surface area contributed by atoms with Crippen LogP contribution < -0.4 is 10.1 Å². The number of ether oxygens (including phenoxy) is 1. The van der Waals surface area contributed by atoms with Crippen LogP contribution in [0.3, 0.4) is 0 Å². The first kappa shape index (κ1) is 16.8. The third-order valence-electron chi connectivity index (χ3n) is 2.72. The number of nitrogens with one attached hydrogen (secondary N) is 1. The molecule has 1 unspecified atom stereocenters. The van der Waals surface area contributed by atoms with E-state index in [0.29, 0.717) is 23.1 Å². The maximum Gasteiger partial charge on any atom is 0.258 e. The number of amides is 1. The molecule has 0 saturated heterocycles. The fraction of sp³-hybridized carbons (Fsp3) is 0.533. The predicted octanol–water partition coefficient (Wildman–Crippen LogP) is 2.55. The molecule has 0 aliphatic heterocycles. The first-order chi connectivity index (χ1) is 9.38. The molecule has 0 saturated carbocycles. The third-order valence-corrected chi connectivity index (χ3v) is 3.04. The van der Waals surface area contributed by atoms with E-state index in [1.54, 1.807) is 12.1 Å². The van der Waals surface area contributed by atoms with E-state index in [1.165, 1.54) is 0 Å². The van der Waals surface area contributed by atoms with Crippen molar-refractivity contribution in [2.24, 2.45) is 5.92 Å². The quantitative estimate of drug-likeness (QED) is 0.813. The first-order valence-corrected chi connectivity index (χ1v) is 7.10. The van der Waals surface area contributed by atoms with Crippen LogP contribution in [0.15, 0.2) is 18.2 Å². The van der Waals surface area contributed by atoms with E-state index in [0.717, 1.165) is 5.56 Å². The third kappa shape index (κ3) is 6.26. The van der Waals surface area contributed by atoms with Crippen molar-refractivity contribution in [3.05, 3.63) is 28.8 Å². The highest BCUT2D eigenvalue weighted by Gasteiger charge is 2.10. The van der Waals surface area contributed by atoms with Crippen LogP contribution in [0, 0.1) is 12.8 Å². The van der Waals surface area contributed by atoms with Crippen LogP contribution >= 0.6 is 11.6 Å². The Hall–Kier alpha value is -1.26. The van der Waals surface area contributed by atoms with Crippen LogP contribution in [-0.2, 0) is 4.79 Å². The van der Waals surface area contributed by atoms with E-state index in [-0.39, 0.29) is 19.1 Å². The van der Waals surface area contributed by atoms with Gasteiger partial charge in [-0.2, -0.15) is 0 Å². The average Bonchev–Trinajstić information content (AvgIpc) is 2.36. The molecule has 4 nitrogen and oxygen atoms in total. The Labute approximate surface area is 125 Å². The monoisotopic (exact) mass is 299 g/mol. The van der Waals surface area contributed by atoms with Crippen LogP contribution in [0.2, 0.25) is 5.02 Å². The van der Waals surface area contributed by atoms with Crippen LogP contribution in [0.1, 0.15) is 25.8 Å². The van der Waals surface area contributed by atoms with Crippen molar-refractivity contribution in [2.45, 2.75) is 33.3 Å². The van der Waals surface area contributed by atoms with Crippen LogP contribution in [0.25, 0.3) is 0 Å². The molecule has 0 radical (unpaired) electrons. The highest BCUT2D eigenvalue weighted by molar-refractivity contribution is 6.32.